The summed E-state index contributed by atoms with van der Waals surface area (Å²) in [6.45, 7) is 2.50. The number of nitrogens with zero attached hydrogens (tertiary/aromatic N) is 5. The molecule has 5 nitrogen and oxygen atoms in total. The smallest absolute Gasteiger partial charge is 0.347 e. The monoisotopic (exact) mass is 369 g/mol. The predicted molar refractivity (Wildman–Crippen MR) is 89.9 cm³/mol. The molecule has 0 radical (unpaired) electrons. The quantitative estimate of drug-likeness (QED) is 0.648. The van der Waals surface area contributed by atoms with Crippen LogP contribution in [-0.4, -0.2) is 38.8 Å². The Hall–Kier alpha value is -2.35. The second-order valence-corrected chi connectivity index (χ2v) is 5.88. The maximum absolute atomic E-state index is 13.1. The standard InChI is InChI=1S/C16H15ClF3N5/c1-3-24(8-16(18,19)20)14-12(11-7-5-4-6-10(11)2)13(17)23-15-21-9-22-25(14)15/h4-7,9H,3,8H2,1-2H3. The first kappa shape index (κ1) is 17.5. The molecule has 9 heteroatoms. The molecule has 0 atom stereocenters. The van der Waals surface area contributed by atoms with Crippen LogP contribution >= 0.6 is 11.6 Å². The van der Waals surface area contributed by atoms with E-state index in [9.17, 15) is 13.2 Å². The molecule has 3 aromatic rings. The first-order valence-electron chi connectivity index (χ1n) is 7.58. The average Bonchev–Trinajstić information content (AvgIpc) is 2.99. The fourth-order valence-electron chi connectivity index (χ4n) is 2.73. The van der Waals surface area contributed by atoms with Crippen LogP contribution in [0.15, 0.2) is 30.6 Å². The molecule has 0 saturated carbocycles. The van der Waals surface area contributed by atoms with E-state index in [0.717, 1.165) is 5.56 Å². The summed E-state index contributed by atoms with van der Waals surface area (Å²) in [6.07, 6.45) is -3.13. The predicted octanol–water partition coefficient (Wildman–Crippen LogP) is 4.14. The lowest BCUT2D eigenvalue weighted by Gasteiger charge is -2.27. The van der Waals surface area contributed by atoms with Crippen molar-refractivity contribution in [1.29, 1.82) is 0 Å². The highest BCUT2D eigenvalue weighted by Crippen LogP contribution is 2.38. The number of anilines is 1. The van der Waals surface area contributed by atoms with Gasteiger partial charge in [0.15, 0.2) is 0 Å². The van der Waals surface area contributed by atoms with Crippen molar-refractivity contribution in [1.82, 2.24) is 19.6 Å². The zero-order valence-corrected chi connectivity index (χ0v) is 14.3. The lowest BCUT2D eigenvalue weighted by Crippen LogP contribution is -2.36. The molecule has 0 aliphatic carbocycles. The molecule has 0 aliphatic rings. The van der Waals surface area contributed by atoms with Gasteiger partial charge in [-0.3, -0.25) is 0 Å². The van der Waals surface area contributed by atoms with Gasteiger partial charge < -0.3 is 4.90 Å². The second-order valence-electron chi connectivity index (χ2n) is 5.52. The lowest BCUT2D eigenvalue weighted by molar-refractivity contribution is -0.119. The molecule has 0 bridgehead atoms. The van der Waals surface area contributed by atoms with E-state index in [1.165, 1.54) is 15.7 Å². The van der Waals surface area contributed by atoms with Crippen LogP contribution in [0.5, 0.6) is 0 Å². The molecular weight excluding hydrogens is 355 g/mol. The highest BCUT2D eigenvalue weighted by Gasteiger charge is 2.33. The van der Waals surface area contributed by atoms with Gasteiger partial charge in [-0.15, -0.1) is 0 Å². The average molecular weight is 370 g/mol. The van der Waals surface area contributed by atoms with Gasteiger partial charge in [0.25, 0.3) is 5.78 Å². The highest BCUT2D eigenvalue weighted by atomic mass is 35.5. The molecule has 2 aromatic heterocycles. The first-order valence-corrected chi connectivity index (χ1v) is 7.96. The molecular formula is C16H15ClF3N5. The van der Waals surface area contributed by atoms with Crippen LogP contribution in [0.2, 0.25) is 5.15 Å². The number of benzene rings is 1. The van der Waals surface area contributed by atoms with Crippen LogP contribution in [0.4, 0.5) is 19.0 Å². The molecule has 0 aliphatic heterocycles. The Morgan fingerprint density at radius 1 is 1.24 bits per heavy atom. The molecule has 3 rings (SSSR count). The van der Waals surface area contributed by atoms with Gasteiger partial charge in [-0.1, -0.05) is 35.9 Å². The number of hydrogen-bond donors (Lipinski definition) is 0. The van der Waals surface area contributed by atoms with Crippen molar-refractivity contribution < 1.29 is 13.2 Å². The summed E-state index contributed by atoms with van der Waals surface area (Å²) < 4.78 is 40.5. The maximum Gasteiger partial charge on any atom is 0.405 e. The highest BCUT2D eigenvalue weighted by molar-refractivity contribution is 6.33. The minimum Gasteiger partial charge on any atom is -0.347 e. The second kappa shape index (κ2) is 6.51. The van der Waals surface area contributed by atoms with E-state index in [1.54, 1.807) is 19.1 Å². The Balaban J connectivity index is 2.33. The molecule has 0 spiro atoms. The van der Waals surface area contributed by atoms with Crippen molar-refractivity contribution in [3.8, 4) is 11.1 Å². The summed E-state index contributed by atoms with van der Waals surface area (Å²) >= 11 is 6.34. The molecule has 0 fully saturated rings. The molecule has 132 valence electrons. The zero-order valence-electron chi connectivity index (χ0n) is 13.5. The van der Waals surface area contributed by atoms with Crippen molar-refractivity contribution in [2.24, 2.45) is 0 Å². The van der Waals surface area contributed by atoms with Gasteiger partial charge in [0, 0.05) is 6.54 Å². The molecule has 25 heavy (non-hydrogen) atoms. The zero-order chi connectivity index (χ0) is 18.2. The molecule has 0 unspecified atom stereocenters. The third-order valence-corrected chi connectivity index (χ3v) is 4.10. The number of alkyl halides is 3. The van der Waals surface area contributed by atoms with Crippen molar-refractivity contribution in [2.75, 3.05) is 18.0 Å². The van der Waals surface area contributed by atoms with E-state index >= 15 is 0 Å². The maximum atomic E-state index is 13.1. The summed E-state index contributed by atoms with van der Waals surface area (Å²) in [5.74, 6) is 0.375. The summed E-state index contributed by atoms with van der Waals surface area (Å²) in [5.41, 5.74) is 1.98. The first-order chi connectivity index (χ1) is 11.8. The number of rotatable bonds is 4. The number of aromatic nitrogens is 4. The van der Waals surface area contributed by atoms with E-state index in [2.05, 4.69) is 15.1 Å². The number of halogens is 4. The van der Waals surface area contributed by atoms with Gasteiger partial charge in [0.1, 0.15) is 23.8 Å². The van der Waals surface area contributed by atoms with Crippen molar-refractivity contribution >= 4 is 23.2 Å². The van der Waals surface area contributed by atoms with Crippen molar-refractivity contribution in [2.45, 2.75) is 20.0 Å². The number of fused-ring (bicyclic) bond motifs is 1. The minimum atomic E-state index is -4.37. The van der Waals surface area contributed by atoms with Crippen molar-refractivity contribution in [3.63, 3.8) is 0 Å². The minimum absolute atomic E-state index is 0.0884. The van der Waals surface area contributed by atoms with Crippen molar-refractivity contribution in [3.05, 3.63) is 41.3 Å². The largest absolute Gasteiger partial charge is 0.405 e. The lowest BCUT2D eigenvalue weighted by atomic mass is 10.0. The Morgan fingerprint density at radius 3 is 2.60 bits per heavy atom. The van der Waals surface area contributed by atoms with Crippen LogP contribution < -0.4 is 4.90 Å². The van der Waals surface area contributed by atoms with E-state index in [4.69, 9.17) is 11.6 Å². The Bertz CT molecular complexity index is 906. The van der Waals surface area contributed by atoms with Gasteiger partial charge in [-0.25, -0.2) is 0 Å². The number of hydrogen-bond acceptors (Lipinski definition) is 4. The van der Waals surface area contributed by atoms with Gasteiger partial charge in [-0.05, 0) is 25.0 Å². The Morgan fingerprint density at radius 2 is 1.96 bits per heavy atom. The summed E-state index contributed by atoms with van der Waals surface area (Å²) in [7, 11) is 0. The van der Waals surface area contributed by atoms with Crippen LogP contribution in [-0.2, 0) is 0 Å². The third kappa shape index (κ3) is 3.39. The molecule has 0 saturated heterocycles. The fraction of sp³-hybridized carbons (Fsp3) is 0.312. The molecule has 0 N–H and O–H groups in total. The fourth-order valence-corrected chi connectivity index (χ4v) is 2.99. The third-order valence-electron chi connectivity index (χ3n) is 3.82. The van der Waals surface area contributed by atoms with Gasteiger partial charge >= 0.3 is 6.18 Å². The SMILES string of the molecule is CCN(CC(F)(F)F)c1c(-c2ccccc2C)c(Cl)nc2ncnn12. The number of aryl methyl sites for hydroxylation is 1. The van der Waals surface area contributed by atoms with Gasteiger partial charge in [0.2, 0.25) is 0 Å². The van der Waals surface area contributed by atoms with Crippen LogP contribution in [0, 0.1) is 6.92 Å². The molecule has 1 aromatic carbocycles. The molecule has 0 amide bonds. The topological polar surface area (TPSA) is 46.3 Å². The van der Waals surface area contributed by atoms with Crippen LogP contribution in [0.1, 0.15) is 12.5 Å². The Kier molecular flexibility index (Phi) is 4.55. The normalized spacial score (nSPS) is 11.9. The van der Waals surface area contributed by atoms with Gasteiger partial charge in [0.05, 0.1) is 5.56 Å². The van der Waals surface area contributed by atoms with Gasteiger partial charge in [-0.2, -0.15) is 32.8 Å². The van der Waals surface area contributed by atoms with E-state index < -0.39 is 12.7 Å². The van der Waals surface area contributed by atoms with E-state index in [1.807, 2.05) is 19.1 Å². The van der Waals surface area contributed by atoms with E-state index in [0.29, 0.717) is 11.1 Å². The molecule has 2 heterocycles. The van der Waals surface area contributed by atoms with E-state index in [-0.39, 0.29) is 23.3 Å². The summed E-state index contributed by atoms with van der Waals surface area (Å²) in [4.78, 5) is 9.31. The summed E-state index contributed by atoms with van der Waals surface area (Å²) in [5, 5.41) is 4.14. The summed E-state index contributed by atoms with van der Waals surface area (Å²) in [6, 6.07) is 7.31. The Labute approximate surface area is 147 Å². The van der Waals surface area contributed by atoms with Crippen LogP contribution in [0.25, 0.3) is 16.9 Å². The van der Waals surface area contributed by atoms with Crippen LogP contribution in [0.3, 0.4) is 0 Å².